The van der Waals surface area contributed by atoms with E-state index in [-0.39, 0.29) is 0 Å². The molecule has 0 aliphatic carbocycles. The minimum atomic E-state index is -0.834. The second-order valence-electron chi connectivity index (χ2n) is 4.21. The third kappa shape index (κ3) is 2.06. The number of carbonyl (C=O) groups excluding carboxylic acids is 2. The molecule has 0 spiro atoms. The average molecular weight is 364 g/mol. The Balaban J connectivity index is 2.10. The van der Waals surface area contributed by atoms with Crippen LogP contribution in [0.25, 0.3) is 0 Å². The largest absolute Gasteiger partial charge is 0.477 e. The molecule has 1 aliphatic rings. The van der Waals surface area contributed by atoms with E-state index in [1.807, 2.05) is 46.9 Å². The molecule has 1 unspecified atom stereocenters. The third-order valence-electron chi connectivity index (χ3n) is 3.01. The number of Topliss-reactive ketones (excluding diaryl/α,β-unsaturated/α-hetero) is 2. The molecule has 0 aromatic heterocycles. The monoisotopic (exact) mass is 364 g/mol. The Bertz CT molecular complexity index is 664. The molecule has 2 aromatic carbocycles. The van der Waals surface area contributed by atoms with Crippen molar-refractivity contribution in [2.45, 2.75) is 6.10 Å². The maximum atomic E-state index is 12.2. The molecule has 0 radical (unpaired) electrons. The number of carbonyl (C=O) groups is 2. The van der Waals surface area contributed by atoms with E-state index < -0.39 is 17.7 Å². The van der Waals surface area contributed by atoms with Gasteiger partial charge in [0.15, 0.2) is 6.10 Å². The average Bonchev–Trinajstić information content (AvgIpc) is 2.43. The second-order valence-corrected chi connectivity index (χ2v) is 5.38. The first-order valence-electron chi connectivity index (χ1n) is 5.77. The van der Waals surface area contributed by atoms with Crippen LogP contribution in [-0.4, -0.2) is 11.6 Å². The van der Waals surface area contributed by atoms with Crippen LogP contribution in [0.5, 0.6) is 5.75 Å². The maximum Gasteiger partial charge on any atom is 0.248 e. The molecule has 1 aliphatic heterocycles. The highest BCUT2D eigenvalue weighted by molar-refractivity contribution is 14.1. The van der Waals surface area contributed by atoms with Crippen LogP contribution in [0, 0.1) is 3.57 Å². The fraction of sp³-hybridized carbons (Fsp3) is 0.0667. The highest BCUT2D eigenvalue weighted by Crippen LogP contribution is 2.35. The van der Waals surface area contributed by atoms with E-state index in [4.69, 9.17) is 4.74 Å². The summed E-state index contributed by atoms with van der Waals surface area (Å²) in [5.41, 5.74) is 1.07. The standard InChI is InChI=1S/C15H9IO3/c16-10-7-4-8-11-12(10)13(17)14(18)15(19-11)9-5-2-1-3-6-9/h1-8,15H. The van der Waals surface area contributed by atoms with Gasteiger partial charge in [-0.2, -0.15) is 0 Å². The SMILES string of the molecule is O=C1C(=O)C(c2ccccc2)Oc2cccc(I)c21. The van der Waals surface area contributed by atoms with Crippen LogP contribution in [-0.2, 0) is 4.79 Å². The van der Waals surface area contributed by atoms with E-state index in [0.29, 0.717) is 16.9 Å². The number of ether oxygens (including phenoxy) is 1. The van der Waals surface area contributed by atoms with Gasteiger partial charge in [-0.25, -0.2) is 0 Å². The highest BCUT2D eigenvalue weighted by Gasteiger charge is 2.37. The summed E-state index contributed by atoms with van der Waals surface area (Å²) >= 11 is 2.04. The lowest BCUT2D eigenvalue weighted by molar-refractivity contribution is -0.122. The summed E-state index contributed by atoms with van der Waals surface area (Å²) < 4.78 is 6.44. The highest BCUT2D eigenvalue weighted by atomic mass is 127. The van der Waals surface area contributed by atoms with Gasteiger partial charge in [0.1, 0.15) is 5.75 Å². The van der Waals surface area contributed by atoms with E-state index >= 15 is 0 Å². The van der Waals surface area contributed by atoms with Crippen LogP contribution in [0.15, 0.2) is 48.5 Å². The van der Waals surface area contributed by atoms with Crippen LogP contribution >= 0.6 is 22.6 Å². The number of halogens is 1. The van der Waals surface area contributed by atoms with Crippen LogP contribution in [0.1, 0.15) is 22.0 Å². The fourth-order valence-electron chi connectivity index (χ4n) is 2.09. The summed E-state index contributed by atoms with van der Waals surface area (Å²) in [7, 11) is 0. The Labute approximate surface area is 123 Å². The number of rotatable bonds is 1. The van der Waals surface area contributed by atoms with Crippen molar-refractivity contribution in [2.75, 3.05) is 0 Å². The summed E-state index contributed by atoms with van der Waals surface area (Å²) in [6.07, 6.45) is -0.834. The Kier molecular flexibility index (Phi) is 3.10. The molecule has 94 valence electrons. The predicted octanol–water partition coefficient (Wildman–Crippen LogP) is 3.18. The van der Waals surface area contributed by atoms with Crippen molar-refractivity contribution in [1.29, 1.82) is 0 Å². The molecule has 0 saturated heterocycles. The van der Waals surface area contributed by atoms with Crippen LogP contribution in [0.4, 0.5) is 0 Å². The Hall–Kier alpha value is -1.69. The molecule has 0 fully saturated rings. The zero-order chi connectivity index (χ0) is 13.4. The molecule has 1 heterocycles. The molecule has 19 heavy (non-hydrogen) atoms. The van der Waals surface area contributed by atoms with Crippen molar-refractivity contribution in [1.82, 2.24) is 0 Å². The minimum absolute atomic E-state index is 0.375. The third-order valence-corrected chi connectivity index (χ3v) is 3.91. The lowest BCUT2D eigenvalue weighted by Crippen LogP contribution is -2.32. The Morgan fingerprint density at radius 1 is 0.947 bits per heavy atom. The smallest absolute Gasteiger partial charge is 0.248 e. The topological polar surface area (TPSA) is 43.4 Å². The molecule has 3 nitrogen and oxygen atoms in total. The molecule has 2 aromatic rings. The van der Waals surface area contributed by atoms with Gasteiger partial charge in [0.25, 0.3) is 0 Å². The number of ketones is 2. The van der Waals surface area contributed by atoms with Crippen molar-refractivity contribution in [3.05, 3.63) is 63.2 Å². The zero-order valence-electron chi connectivity index (χ0n) is 9.80. The molecule has 0 amide bonds. The van der Waals surface area contributed by atoms with Gasteiger partial charge in [-0.05, 0) is 34.7 Å². The molecule has 1 atom stereocenters. The van der Waals surface area contributed by atoms with E-state index in [1.165, 1.54) is 0 Å². The first kappa shape index (κ1) is 12.3. The quantitative estimate of drug-likeness (QED) is 0.577. The van der Waals surface area contributed by atoms with Gasteiger partial charge in [0.2, 0.25) is 11.6 Å². The van der Waals surface area contributed by atoms with Gasteiger partial charge >= 0.3 is 0 Å². The molecule has 3 rings (SSSR count). The summed E-state index contributed by atoms with van der Waals surface area (Å²) in [4.78, 5) is 24.3. The van der Waals surface area contributed by atoms with E-state index in [1.54, 1.807) is 24.3 Å². The van der Waals surface area contributed by atoms with Crippen LogP contribution in [0.2, 0.25) is 0 Å². The summed E-state index contributed by atoms with van der Waals surface area (Å²) in [6, 6.07) is 14.4. The summed E-state index contributed by atoms with van der Waals surface area (Å²) in [5, 5.41) is 0. The normalized spacial score (nSPS) is 17.8. The van der Waals surface area contributed by atoms with Gasteiger partial charge in [0.05, 0.1) is 5.56 Å². The van der Waals surface area contributed by atoms with Gasteiger partial charge < -0.3 is 4.74 Å². The summed E-state index contributed by atoms with van der Waals surface area (Å²) in [6.45, 7) is 0. The number of benzene rings is 2. The first-order valence-corrected chi connectivity index (χ1v) is 6.85. The predicted molar refractivity (Wildman–Crippen MR) is 78.3 cm³/mol. The molecule has 0 bridgehead atoms. The minimum Gasteiger partial charge on any atom is -0.477 e. The van der Waals surface area contributed by atoms with Crippen molar-refractivity contribution >= 4 is 34.2 Å². The second kappa shape index (κ2) is 4.77. The van der Waals surface area contributed by atoms with Crippen molar-refractivity contribution in [2.24, 2.45) is 0 Å². The lowest BCUT2D eigenvalue weighted by Gasteiger charge is -2.24. The Morgan fingerprint density at radius 2 is 1.68 bits per heavy atom. The Morgan fingerprint density at radius 3 is 2.42 bits per heavy atom. The van der Waals surface area contributed by atoms with Gasteiger partial charge in [0, 0.05) is 9.13 Å². The maximum absolute atomic E-state index is 12.2. The fourth-order valence-corrected chi connectivity index (χ4v) is 2.81. The van der Waals surface area contributed by atoms with Crippen molar-refractivity contribution in [3.63, 3.8) is 0 Å². The molecule has 0 N–H and O–H groups in total. The number of hydrogen-bond donors (Lipinski definition) is 0. The molecule has 4 heteroatoms. The van der Waals surface area contributed by atoms with E-state index in [2.05, 4.69) is 0 Å². The van der Waals surface area contributed by atoms with Crippen LogP contribution < -0.4 is 4.74 Å². The van der Waals surface area contributed by atoms with Gasteiger partial charge in [-0.15, -0.1) is 0 Å². The summed E-state index contributed by atoms with van der Waals surface area (Å²) in [5.74, 6) is -0.506. The zero-order valence-corrected chi connectivity index (χ0v) is 12.0. The van der Waals surface area contributed by atoms with Crippen LogP contribution in [0.3, 0.4) is 0 Å². The first-order chi connectivity index (χ1) is 9.18. The molecular weight excluding hydrogens is 355 g/mol. The lowest BCUT2D eigenvalue weighted by atomic mass is 9.95. The molecular formula is C15H9IO3. The molecule has 0 saturated carbocycles. The van der Waals surface area contributed by atoms with E-state index in [9.17, 15) is 9.59 Å². The number of fused-ring (bicyclic) bond motifs is 1. The van der Waals surface area contributed by atoms with Crippen molar-refractivity contribution < 1.29 is 14.3 Å². The van der Waals surface area contributed by atoms with Gasteiger partial charge in [-0.1, -0.05) is 36.4 Å². The van der Waals surface area contributed by atoms with Crippen molar-refractivity contribution in [3.8, 4) is 5.75 Å². The van der Waals surface area contributed by atoms with Gasteiger partial charge in [-0.3, -0.25) is 9.59 Å². The van der Waals surface area contributed by atoms with E-state index in [0.717, 1.165) is 3.57 Å². The number of hydrogen-bond acceptors (Lipinski definition) is 3.